The number of aromatic carboxylic acids is 1. The summed E-state index contributed by atoms with van der Waals surface area (Å²) in [6, 6.07) is 16.1. The Kier molecular flexibility index (Phi) is 4.53. The highest BCUT2D eigenvalue weighted by Gasteiger charge is 2.18. The molecule has 1 heterocycles. The standard InChI is InChI=1S/C18H15ClN2O3/c1-21-17(19)14(16(20-21)12-7-3-2-4-8-12)11-24-15-10-6-5-9-13(15)18(22)23/h2-10H,11H2,1H3,(H,22,23). The molecule has 0 amide bonds. The minimum Gasteiger partial charge on any atom is -0.488 e. The number of halogens is 1. The van der Waals surface area contributed by atoms with Crippen molar-refractivity contribution in [2.24, 2.45) is 7.05 Å². The zero-order valence-corrected chi connectivity index (χ0v) is 13.7. The monoisotopic (exact) mass is 342 g/mol. The molecular formula is C18H15ClN2O3. The maximum absolute atomic E-state index is 11.3. The SMILES string of the molecule is Cn1nc(-c2ccccc2)c(COc2ccccc2C(=O)O)c1Cl. The molecule has 0 aliphatic rings. The van der Waals surface area contributed by atoms with Gasteiger partial charge in [-0.25, -0.2) is 4.79 Å². The number of rotatable bonds is 5. The Morgan fingerprint density at radius 2 is 1.83 bits per heavy atom. The predicted molar refractivity (Wildman–Crippen MR) is 91.4 cm³/mol. The van der Waals surface area contributed by atoms with Crippen LogP contribution < -0.4 is 4.74 Å². The molecule has 122 valence electrons. The smallest absolute Gasteiger partial charge is 0.339 e. The number of carboxylic acids is 1. The lowest BCUT2D eigenvalue weighted by molar-refractivity contribution is 0.0692. The van der Waals surface area contributed by atoms with Crippen molar-refractivity contribution in [3.8, 4) is 17.0 Å². The Labute approximate surface area is 144 Å². The molecule has 0 saturated heterocycles. The van der Waals surface area contributed by atoms with E-state index in [0.717, 1.165) is 11.3 Å². The van der Waals surface area contributed by atoms with Gasteiger partial charge in [0, 0.05) is 12.6 Å². The summed E-state index contributed by atoms with van der Waals surface area (Å²) in [5, 5.41) is 14.1. The van der Waals surface area contributed by atoms with Crippen LogP contribution >= 0.6 is 11.6 Å². The van der Waals surface area contributed by atoms with Crippen LogP contribution in [0.25, 0.3) is 11.3 Å². The lowest BCUT2D eigenvalue weighted by Crippen LogP contribution is -2.03. The molecule has 3 aromatic rings. The largest absolute Gasteiger partial charge is 0.488 e. The molecule has 24 heavy (non-hydrogen) atoms. The first-order chi connectivity index (χ1) is 11.6. The van der Waals surface area contributed by atoms with Gasteiger partial charge in [0.1, 0.15) is 28.8 Å². The Morgan fingerprint density at radius 3 is 2.54 bits per heavy atom. The van der Waals surface area contributed by atoms with Gasteiger partial charge < -0.3 is 9.84 Å². The quantitative estimate of drug-likeness (QED) is 0.760. The van der Waals surface area contributed by atoms with E-state index in [1.54, 1.807) is 29.9 Å². The third-order valence-corrected chi connectivity index (χ3v) is 4.08. The van der Waals surface area contributed by atoms with Crippen LogP contribution in [0.2, 0.25) is 5.15 Å². The van der Waals surface area contributed by atoms with Crippen molar-refractivity contribution in [2.75, 3.05) is 0 Å². The van der Waals surface area contributed by atoms with Gasteiger partial charge >= 0.3 is 5.97 Å². The summed E-state index contributed by atoms with van der Waals surface area (Å²) in [6.07, 6.45) is 0. The van der Waals surface area contributed by atoms with Crippen LogP contribution in [0, 0.1) is 0 Å². The average Bonchev–Trinajstić information content (AvgIpc) is 2.89. The molecule has 3 rings (SSSR count). The van der Waals surface area contributed by atoms with Crippen LogP contribution in [0.3, 0.4) is 0 Å². The first-order valence-corrected chi connectivity index (χ1v) is 7.67. The molecule has 0 saturated carbocycles. The van der Waals surface area contributed by atoms with Crippen molar-refractivity contribution in [3.05, 3.63) is 70.9 Å². The molecule has 0 fully saturated rings. The van der Waals surface area contributed by atoms with E-state index in [4.69, 9.17) is 16.3 Å². The fourth-order valence-electron chi connectivity index (χ4n) is 2.42. The number of hydrogen-bond donors (Lipinski definition) is 1. The van der Waals surface area contributed by atoms with E-state index in [-0.39, 0.29) is 12.2 Å². The van der Waals surface area contributed by atoms with E-state index >= 15 is 0 Å². The number of ether oxygens (including phenoxy) is 1. The van der Waals surface area contributed by atoms with Crippen molar-refractivity contribution in [2.45, 2.75) is 6.61 Å². The van der Waals surface area contributed by atoms with E-state index in [1.807, 2.05) is 30.3 Å². The minimum absolute atomic E-state index is 0.110. The normalized spacial score (nSPS) is 10.6. The maximum Gasteiger partial charge on any atom is 0.339 e. The lowest BCUT2D eigenvalue weighted by Gasteiger charge is -2.09. The van der Waals surface area contributed by atoms with Gasteiger partial charge in [-0.2, -0.15) is 5.10 Å². The highest BCUT2D eigenvalue weighted by atomic mass is 35.5. The van der Waals surface area contributed by atoms with Gasteiger partial charge in [-0.1, -0.05) is 54.1 Å². The Balaban J connectivity index is 1.93. The summed E-state index contributed by atoms with van der Waals surface area (Å²) in [4.78, 5) is 11.3. The van der Waals surface area contributed by atoms with E-state index in [0.29, 0.717) is 16.5 Å². The molecule has 0 spiro atoms. The van der Waals surface area contributed by atoms with Gasteiger partial charge in [-0.15, -0.1) is 0 Å². The fourth-order valence-corrected chi connectivity index (χ4v) is 2.60. The molecule has 5 nitrogen and oxygen atoms in total. The first kappa shape index (κ1) is 16.1. The molecule has 6 heteroatoms. The van der Waals surface area contributed by atoms with Crippen LogP contribution in [-0.4, -0.2) is 20.9 Å². The van der Waals surface area contributed by atoms with Crippen LogP contribution in [-0.2, 0) is 13.7 Å². The van der Waals surface area contributed by atoms with Crippen LogP contribution in [0.4, 0.5) is 0 Å². The fraction of sp³-hybridized carbons (Fsp3) is 0.111. The second-order valence-electron chi connectivity index (χ2n) is 5.20. The molecule has 1 N–H and O–H groups in total. The molecule has 0 unspecified atom stereocenters. The van der Waals surface area contributed by atoms with Gasteiger partial charge in [0.05, 0.1) is 5.56 Å². The second kappa shape index (κ2) is 6.76. The minimum atomic E-state index is -1.04. The summed E-state index contributed by atoms with van der Waals surface area (Å²) in [7, 11) is 1.75. The number of hydrogen-bond acceptors (Lipinski definition) is 3. The third kappa shape index (κ3) is 3.12. The first-order valence-electron chi connectivity index (χ1n) is 7.30. The average molecular weight is 343 g/mol. The summed E-state index contributed by atoms with van der Waals surface area (Å²) < 4.78 is 7.30. The molecular weight excluding hydrogens is 328 g/mol. The summed E-state index contributed by atoms with van der Waals surface area (Å²) in [6.45, 7) is 0.126. The molecule has 0 radical (unpaired) electrons. The predicted octanol–water partition coefficient (Wildman–Crippen LogP) is 4.02. The van der Waals surface area contributed by atoms with Crippen molar-refractivity contribution in [1.29, 1.82) is 0 Å². The van der Waals surface area contributed by atoms with Crippen molar-refractivity contribution < 1.29 is 14.6 Å². The van der Waals surface area contributed by atoms with E-state index in [2.05, 4.69) is 5.10 Å². The molecule has 0 aliphatic heterocycles. The van der Waals surface area contributed by atoms with E-state index in [9.17, 15) is 9.90 Å². The number of nitrogens with zero attached hydrogens (tertiary/aromatic N) is 2. The Morgan fingerprint density at radius 1 is 1.17 bits per heavy atom. The zero-order chi connectivity index (χ0) is 17.1. The van der Waals surface area contributed by atoms with Crippen molar-refractivity contribution in [3.63, 3.8) is 0 Å². The molecule has 0 bridgehead atoms. The number of carbonyl (C=O) groups is 1. The summed E-state index contributed by atoms with van der Waals surface area (Å²) >= 11 is 6.34. The van der Waals surface area contributed by atoms with Crippen LogP contribution in [0.1, 0.15) is 15.9 Å². The number of benzene rings is 2. The maximum atomic E-state index is 11.3. The second-order valence-corrected chi connectivity index (χ2v) is 5.56. The highest BCUT2D eigenvalue weighted by molar-refractivity contribution is 6.30. The van der Waals surface area contributed by atoms with E-state index in [1.165, 1.54) is 6.07 Å². The van der Waals surface area contributed by atoms with Gasteiger partial charge in [-0.3, -0.25) is 4.68 Å². The van der Waals surface area contributed by atoms with Crippen LogP contribution in [0.15, 0.2) is 54.6 Å². The van der Waals surface area contributed by atoms with Gasteiger partial charge in [-0.05, 0) is 12.1 Å². The van der Waals surface area contributed by atoms with Crippen molar-refractivity contribution >= 4 is 17.6 Å². The highest BCUT2D eigenvalue weighted by Crippen LogP contribution is 2.30. The third-order valence-electron chi connectivity index (χ3n) is 3.61. The van der Waals surface area contributed by atoms with E-state index < -0.39 is 5.97 Å². The van der Waals surface area contributed by atoms with Gasteiger partial charge in [0.15, 0.2) is 0 Å². The van der Waals surface area contributed by atoms with Gasteiger partial charge in [0.2, 0.25) is 0 Å². The number of aryl methyl sites for hydroxylation is 1. The summed E-state index contributed by atoms with van der Waals surface area (Å²) in [5.74, 6) is -0.741. The Hall–Kier alpha value is -2.79. The number of aromatic nitrogens is 2. The molecule has 2 aromatic carbocycles. The number of para-hydroxylation sites is 1. The Bertz CT molecular complexity index is 875. The van der Waals surface area contributed by atoms with Gasteiger partial charge in [0.25, 0.3) is 0 Å². The molecule has 0 aliphatic carbocycles. The zero-order valence-electron chi connectivity index (χ0n) is 12.9. The molecule has 1 aromatic heterocycles. The number of carboxylic acid groups (broad SMARTS) is 1. The lowest BCUT2D eigenvalue weighted by atomic mass is 10.1. The van der Waals surface area contributed by atoms with Crippen molar-refractivity contribution in [1.82, 2.24) is 9.78 Å². The summed E-state index contributed by atoms with van der Waals surface area (Å²) in [5.41, 5.74) is 2.46. The van der Waals surface area contributed by atoms with Crippen LogP contribution in [0.5, 0.6) is 5.75 Å². The molecule has 0 atom stereocenters. The topological polar surface area (TPSA) is 64.4 Å².